The number of fused-ring (bicyclic) bond motifs is 1. The fourth-order valence-corrected chi connectivity index (χ4v) is 2.05. The summed E-state index contributed by atoms with van der Waals surface area (Å²) in [4.78, 5) is 11.6. The minimum Gasteiger partial charge on any atom is -0.380 e. The Morgan fingerprint density at radius 1 is 1.47 bits per heavy atom. The van der Waals surface area contributed by atoms with Gasteiger partial charge in [-0.25, -0.2) is 0 Å². The molecule has 1 aromatic rings. The van der Waals surface area contributed by atoms with Crippen molar-refractivity contribution in [3.05, 3.63) is 22.7 Å². The van der Waals surface area contributed by atoms with Gasteiger partial charge in [0, 0.05) is 16.9 Å². The maximum absolute atomic E-state index is 11.6. The highest BCUT2D eigenvalue weighted by molar-refractivity contribution is 9.10. The van der Waals surface area contributed by atoms with Gasteiger partial charge in [-0.2, -0.15) is 0 Å². The Morgan fingerprint density at radius 3 is 3.00 bits per heavy atom. The minimum absolute atomic E-state index is 0.0752. The second-order valence-electron chi connectivity index (χ2n) is 3.69. The first-order valence-corrected chi connectivity index (χ1v) is 5.84. The van der Waals surface area contributed by atoms with Crippen LogP contribution in [0.4, 0.5) is 11.4 Å². The maximum atomic E-state index is 11.6. The van der Waals surface area contributed by atoms with E-state index in [0.717, 1.165) is 22.3 Å². The number of amides is 1. The second kappa shape index (κ2) is 4.23. The van der Waals surface area contributed by atoms with Gasteiger partial charge in [0.1, 0.15) is 0 Å². The van der Waals surface area contributed by atoms with Crippen LogP contribution in [-0.4, -0.2) is 11.9 Å². The third-order valence-corrected chi connectivity index (χ3v) is 3.03. The molecule has 0 fully saturated rings. The molecule has 1 heterocycles. The van der Waals surface area contributed by atoms with Crippen LogP contribution in [0.15, 0.2) is 22.7 Å². The first-order valence-electron chi connectivity index (χ1n) is 5.05. The van der Waals surface area contributed by atoms with Gasteiger partial charge in [0.15, 0.2) is 0 Å². The summed E-state index contributed by atoms with van der Waals surface area (Å²) in [6.07, 6.45) is 1.48. The van der Waals surface area contributed by atoms with Crippen LogP contribution in [0.1, 0.15) is 19.8 Å². The Hall–Kier alpha value is -1.03. The Labute approximate surface area is 97.4 Å². The van der Waals surface area contributed by atoms with E-state index >= 15 is 0 Å². The van der Waals surface area contributed by atoms with Gasteiger partial charge in [-0.15, -0.1) is 0 Å². The first-order chi connectivity index (χ1) is 7.19. The highest BCUT2D eigenvalue weighted by Crippen LogP contribution is 2.29. The molecule has 0 saturated heterocycles. The van der Waals surface area contributed by atoms with Crippen molar-refractivity contribution in [2.75, 3.05) is 10.6 Å². The number of halogens is 1. The molecule has 0 spiro atoms. The van der Waals surface area contributed by atoms with E-state index in [-0.39, 0.29) is 11.9 Å². The first kappa shape index (κ1) is 10.5. The van der Waals surface area contributed by atoms with Crippen molar-refractivity contribution in [1.29, 1.82) is 0 Å². The van der Waals surface area contributed by atoms with Gasteiger partial charge in [-0.1, -0.05) is 22.9 Å². The summed E-state index contributed by atoms with van der Waals surface area (Å²) in [5.41, 5.74) is 1.85. The fourth-order valence-electron chi connectivity index (χ4n) is 1.69. The molecule has 2 rings (SSSR count). The molecule has 1 aliphatic rings. The van der Waals surface area contributed by atoms with E-state index in [1.54, 1.807) is 0 Å². The van der Waals surface area contributed by atoms with E-state index < -0.39 is 0 Å². The number of carbonyl (C=O) groups excluding carboxylic acids is 1. The molecule has 80 valence electrons. The van der Waals surface area contributed by atoms with Crippen LogP contribution in [0.3, 0.4) is 0 Å². The topological polar surface area (TPSA) is 41.1 Å². The van der Waals surface area contributed by atoms with E-state index in [4.69, 9.17) is 0 Å². The van der Waals surface area contributed by atoms with Gasteiger partial charge in [0.25, 0.3) is 0 Å². The average molecular weight is 269 g/mol. The molecule has 0 aromatic heterocycles. The Bertz CT molecular complexity index is 392. The molecule has 1 aliphatic heterocycles. The van der Waals surface area contributed by atoms with Crippen LogP contribution >= 0.6 is 15.9 Å². The molecule has 15 heavy (non-hydrogen) atoms. The standard InChI is InChI=1S/C11H13BrN2O/c1-2-8-6-11(15)14-10-5-7(12)3-4-9(10)13-8/h3-5,8,13H,2,6H2,1H3,(H,14,15). The van der Waals surface area contributed by atoms with Crippen molar-refractivity contribution in [3.63, 3.8) is 0 Å². The highest BCUT2D eigenvalue weighted by Gasteiger charge is 2.18. The zero-order valence-corrected chi connectivity index (χ0v) is 10.1. The zero-order valence-electron chi connectivity index (χ0n) is 8.51. The Kier molecular flexibility index (Phi) is 2.95. The van der Waals surface area contributed by atoms with E-state index in [1.165, 1.54) is 0 Å². The predicted molar refractivity (Wildman–Crippen MR) is 65.1 cm³/mol. The SMILES string of the molecule is CCC1CC(=O)Nc2cc(Br)ccc2N1. The molecule has 1 unspecified atom stereocenters. The van der Waals surface area contributed by atoms with Crippen LogP contribution in [0.2, 0.25) is 0 Å². The van der Waals surface area contributed by atoms with Crippen LogP contribution in [-0.2, 0) is 4.79 Å². The maximum Gasteiger partial charge on any atom is 0.226 e. The summed E-state index contributed by atoms with van der Waals surface area (Å²) in [7, 11) is 0. The van der Waals surface area contributed by atoms with E-state index in [1.807, 2.05) is 18.2 Å². The molecule has 1 aromatic carbocycles. The molecular formula is C11H13BrN2O. The number of nitrogens with one attached hydrogen (secondary N) is 2. The number of hydrogen-bond acceptors (Lipinski definition) is 2. The average Bonchev–Trinajstić information content (AvgIpc) is 2.35. The third kappa shape index (κ3) is 2.31. The molecule has 0 bridgehead atoms. The quantitative estimate of drug-likeness (QED) is 0.822. The van der Waals surface area contributed by atoms with Crippen LogP contribution in [0.5, 0.6) is 0 Å². The third-order valence-electron chi connectivity index (χ3n) is 2.54. The van der Waals surface area contributed by atoms with E-state index in [2.05, 4.69) is 33.5 Å². The van der Waals surface area contributed by atoms with Gasteiger partial charge < -0.3 is 10.6 Å². The van der Waals surface area contributed by atoms with Crippen molar-refractivity contribution in [3.8, 4) is 0 Å². The summed E-state index contributed by atoms with van der Waals surface area (Å²) in [5.74, 6) is 0.0752. The number of benzene rings is 1. The molecule has 3 nitrogen and oxygen atoms in total. The lowest BCUT2D eigenvalue weighted by atomic mass is 10.1. The van der Waals surface area contributed by atoms with Crippen molar-refractivity contribution in [1.82, 2.24) is 0 Å². The monoisotopic (exact) mass is 268 g/mol. The van der Waals surface area contributed by atoms with Crippen molar-refractivity contribution < 1.29 is 4.79 Å². The molecule has 0 radical (unpaired) electrons. The lowest BCUT2D eigenvalue weighted by molar-refractivity contribution is -0.116. The number of anilines is 2. The summed E-state index contributed by atoms with van der Waals surface area (Å²) >= 11 is 3.39. The van der Waals surface area contributed by atoms with E-state index in [0.29, 0.717) is 6.42 Å². The largest absolute Gasteiger partial charge is 0.380 e. The number of hydrogen-bond donors (Lipinski definition) is 2. The zero-order chi connectivity index (χ0) is 10.8. The normalized spacial score (nSPS) is 19.9. The van der Waals surface area contributed by atoms with E-state index in [9.17, 15) is 4.79 Å². The fraction of sp³-hybridized carbons (Fsp3) is 0.364. The molecule has 2 N–H and O–H groups in total. The van der Waals surface area contributed by atoms with Gasteiger partial charge in [-0.05, 0) is 24.6 Å². The summed E-state index contributed by atoms with van der Waals surface area (Å²) in [5, 5.41) is 6.26. The van der Waals surface area contributed by atoms with Gasteiger partial charge in [0.05, 0.1) is 11.4 Å². The molecule has 1 amide bonds. The second-order valence-corrected chi connectivity index (χ2v) is 4.61. The van der Waals surface area contributed by atoms with Gasteiger partial charge >= 0.3 is 0 Å². The van der Waals surface area contributed by atoms with Crippen LogP contribution in [0, 0.1) is 0 Å². The number of carbonyl (C=O) groups is 1. The molecule has 1 atom stereocenters. The smallest absolute Gasteiger partial charge is 0.226 e. The van der Waals surface area contributed by atoms with Crippen molar-refractivity contribution in [2.45, 2.75) is 25.8 Å². The Morgan fingerprint density at radius 2 is 2.27 bits per heavy atom. The summed E-state index contributed by atoms with van der Waals surface area (Å²) in [6, 6.07) is 6.09. The predicted octanol–water partition coefficient (Wildman–Crippen LogP) is 2.98. The Balaban J connectivity index is 2.36. The molecular weight excluding hydrogens is 256 g/mol. The van der Waals surface area contributed by atoms with Crippen molar-refractivity contribution >= 4 is 33.2 Å². The lowest BCUT2D eigenvalue weighted by Crippen LogP contribution is -2.21. The molecule has 4 heteroatoms. The molecule has 0 aliphatic carbocycles. The molecule has 0 saturated carbocycles. The van der Waals surface area contributed by atoms with Crippen LogP contribution < -0.4 is 10.6 Å². The summed E-state index contributed by atoms with van der Waals surface area (Å²) < 4.78 is 0.971. The highest BCUT2D eigenvalue weighted by atomic mass is 79.9. The van der Waals surface area contributed by atoms with Gasteiger partial charge in [0.2, 0.25) is 5.91 Å². The number of rotatable bonds is 1. The summed E-state index contributed by atoms with van der Waals surface area (Å²) in [6.45, 7) is 2.08. The van der Waals surface area contributed by atoms with Crippen molar-refractivity contribution in [2.24, 2.45) is 0 Å². The van der Waals surface area contributed by atoms with Crippen LogP contribution in [0.25, 0.3) is 0 Å². The minimum atomic E-state index is 0.0752. The lowest BCUT2D eigenvalue weighted by Gasteiger charge is -2.14. The van der Waals surface area contributed by atoms with Gasteiger partial charge in [-0.3, -0.25) is 4.79 Å².